The van der Waals surface area contributed by atoms with Crippen molar-refractivity contribution >= 4 is 49.2 Å². The van der Waals surface area contributed by atoms with E-state index >= 15 is 0 Å². The Hall–Kier alpha value is -2.48. The summed E-state index contributed by atoms with van der Waals surface area (Å²) < 4.78 is 30.6. The maximum absolute atomic E-state index is 13.0. The van der Waals surface area contributed by atoms with Crippen molar-refractivity contribution in [1.29, 1.82) is 0 Å². The SMILES string of the molecule is Cc1ccc(SC2=CC(=NS(=O)(=O)c3ccc(Br)cc3)c3ccccc3C2=O)cc1. The van der Waals surface area contributed by atoms with Gasteiger partial charge >= 0.3 is 0 Å². The monoisotopic (exact) mass is 497 g/mol. The molecule has 0 bridgehead atoms. The van der Waals surface area contributed by atoms with Gasteiger partial charge in [0.2, 0.25) is 0 Å². The second-order valence-electron chi connectivity index (χ2n) is 6.70. The number of carbonyl (C=O) groups excluding carboxylic acids is 1. The number of fused-ring (bicyclic) bond motifs is 1. The molecule has 150 valence electrons. The number of Topliss-reactive ketones (excluding diaryl/α,β-unsaturated/α-hetero) is 1. The van der Waals surface area contributed by atoms with Crippen molar-refractivity contribution in [2.45, 2.75) is 16.7 Å². The summed E-state index contributed by atoms with van der Waals surface area (Å²) in [6, 6.07) is 21.0. The number of allylic oxidation sites excluding steroid dienone is 2. The number of ketones is 1. The summed E-state index contributed by atoms with van der Waals surface area (Å²) in [4.78, 5) is 14.4. The normalized spacial score (nSPS) is 15.1. The smallest absolute Gasteiger partial charge is 0.282 e. The number of halogens is 1. The predicted molar refractivity (Wildman–Crippen MR) is 124 cm³/mol. The molecule has 0 unspecified atom stereocenters. The maximum atomic E-state index is 13.0. The molecule has 0 fully saturated rings. The van der Waals surface area contributed by atoms with E-state index in [1.165, 1.54) is 23.9 Å². The van der Waals surface area contributed by atoms with Crippen molar-refractivity contribution in [2.75, 3.05) is 0 Å². The van der Waals surface area contributed by atoms with E-state index in [9.17, 15) is 13.2 Å². The molecule has 0 spiro atoms. The number of nitrogens with zero attached hydrogens (tertiary/aromatic N) is 1. The Morgan fingerprint density at radius 3 is 2.17 bits per heavy atom. The molecule has 0 amide bonds. The lowest BCUT2D eigenvalue weighted by atomic mass is 9.94. The largest absolute Gasteiger partial charge is 0.288 e. The molecule has 3 aromatic rings. The van der Waals surface area contributed by atoms with Crippen LogP contribution in [0.3, 0.4) is 0 Å². The van der Waals surface area contributed by atoms with Crippen LogP contribution in [0.15, 0.2) is 102 Å². The van der Waals surface area contributed by atoms with Crippen LogP contribution in [0.5, 0.6) is 0 Å². The van der Waals surface area contributed by atoms with Gasteiger partial charge < -0.3 is 0 Å². The summed E-state index contributed by atoms with van der Waals surface area (Å²) >= 11 is 4.60. The molecule has 7 heteroatoms. The highest BCUT2D eigenvalue weighted by Crippen LogP contribution is 2.34. The van der Waals surface area contributed by atoms with Crippen LogP contribution in [0.25, 0.3) is 0 Å². The lowest BCUT2D eigenvalue weighted by Crippen LogP contribution is -2.17. The van der Waals surface area contributed by atoms with E-state index in [4.69, 9.17) is 0 Å². The summed E-state index contributed by atoms with van der Waals surface area (Å²) in [6.07, 6.45) is 1.56. The van der Waals surface area contributed by atoms with Gasteiger partial charge in [-0.15, -0.1) is 0 Å². The number of benzene rings is 3. The lowest BCUT2D eigenvalue weighted by molar-refractivity contribution is 0.104. The molecule has 0 saturated heterocycles. The minimum Gasteiger partial charge on any atom is -0.288 e. The first-order valence-electron chi connectivity index (χ1n) is 9.04. The third-order valence-corrected chi connectivity index (χ3v) is 7.38. The minimum absolute atomic E-state index is 0.0914. The first-order valence-corrected chi connectivity index (χ1v) is 12.1. The fourth-order valence-corrected chi connectivity index (χ4v) is 5.14. The van der Waals surface area contributed by atoms with Gasteiger partial charge in [0, 0.05) is 20.5 Å². The molecule has 3 aromatic carbocycles. The molecular formula is C23H16BrNO3S2. The molecule has 0 radical (unpaired) electrons. The minimum atomic E-state index is -3.94. The Kier molecular flexibility index (Phi) is 5.77. The van der Waals surface area contributed by atoms with Crippen molar-refractivity contribution in [3.8, 4) is 0 Å². The second kappa shape index (κ2) is 8.34. The van der Waals surface area contributed by atoms with Crippen molar-refractivity contribution in [2.24, 2.45) is 4.40 Å². The van der Waals surface area contributed by atoms with Crippen LogP contribution in [-0.4, -0.2) is 19.9 Å². The molecule has 4 rings (SSSR count). The van der Waals surface area contributed by atoms with Crippen LogP contribution in [0, 0.1) is 6.92 Å². The topological polar surface area (TPSA) is 63.6 Å². The van der Waals surface area contributed by atoms with Crippen LogP contribution >= 0.6 is 27.7 Å². The molecule has 4 nitrogen and oxygen atoms in total. The van der Waals surface area contributed by atoms with E-state index in [1.54, 1.807) is 42.5 Å². The fraction of sp³-hybridized carbons (Fsp3) is 0.0435. The third-order valence-electron chi connectivity index (χ3n) is 4.52. The average molecular weight is 498 g/mol. The van der Waals surface area contributed by atoms with Gasteiger partial charge in [0.15, 0.2) is 5.78 Å². The number of hydrogen-bond acceptors (Lipinski definition) is 4. The standard InChI is InChI=1S/C23H16BrNO3S2/c1-15-6-10-17(11-7-15)29-22-14-21(19-4-2-3-5-20(19)23(22)26)25-30(27,28)18-12-8-16(24)9-13-18/h2-14H,1H3. The van der Waals surface area contributed by atoms with Crippen LogP contribution in [0.4, 0.5) is 0 Å². The van der Waals surface area contributed by atoms with E-state index in [0.717, 1.165) is 14.9 Å². The van der Waals surface area contributed by atoms with Crippen LogP contribution in [-0.2, 0) is 10.0 Å². The van der Waals surface area contributed by atoms with Gasteiger partial charge in [0.1, 0.15) is 0 Å². The Morgan fingerprint density at radius 2 is 1.50 bits per heavy atom. The number of sulfonamides is 1. The summed E-state index contributed by atoms with van der Waals surface area (Å²) in [5.41, 5.74) is 2.33. The number of rotatable bonds is 4. The molecule has 1 aliphatic rings. The number of hydrogen-bond donors (Lipinski definition) is 0. The average Bonchev–Trinajstić information content (AvgIpc) is 2.73. The Balaban J connectivity index is 1.80. The zero-order valence-electron chi connectivity index (χ0n) is 15.9. The number of thioether (sulfide) groups is 1. The van der Waals surface area contributed by atoms with Gasteiger partial charge in [-0.25, -0.2) is 0 Å². The van der Waals surface area contributed by atoms with E-state index in [-0.39, 0.29) is 16.4 Å². The highest BCUT2D eigenvalue weighted by atomic mass is 79.9. The van der Waals surface area contributed by atoms with E-state index in [1.807, 2.05) is 31.2 Å². The molecule has 0 N–H and O–H groups in total. The molecule has 0 aliphatic heterocycles. The van der Waals surface area contributed by atoms with E-state index in [2.05, 4.69) is 20.3 Å². The molecule has 30 heavy (non-hydrogen) atoms. The fourth-order valence-electron chi connectivity index (χ4n) is 2.98. The van der Waals surface area contributed by atoms with Crippen LogP contribution in [0.1, 0.15) is 21.5 Å². The van der Waals surface area contributed by atoms with Gasteiger partial charge in [0.25, 0.3) is 10.0 Å². The number of carbonyl (C=O) groups is 1. The molecule has 0 saturated carbocycles. The molecule has 0 atom stereocenters. The van der Waals surface area contributed by atoms with Gasteiger partial charge in [-0.1, -0.05) is 69.7 Å². The quantitative estimate of drug-likeness (QED) is 0.456. The Morgan fingerprint density at radius 1 is 0.867 bits per heavy atom. The zero-order valence-corrected chi connectivity index (χ0v) is 19.1. The van der Waals surface area contributed by atoms with E-state index in [0.29, 0.717) is 16.0 Å². The van der Waals surface area contributed by atoms with Crippen LogP contribution < -0.4 is 0 Å². The highest BCUT2D eigenvalue weighted by molar-refractivity contribution is 9.10. The first kappa shape index (κ1) is 20.8. The third kappa shape index (κ3) is 4.33. The van der Waals surface area contributed by atoms with Crippen molar-refractivity contribution in [3.05, 3.63) is 105 Å². The van der Waals surface area contributed by atoms with Gasteiger partial charge in [-0.2, -0.15) is 12.8 Å². The molecule has 0 heterocycles. The lowest BCUT2D eigenvalue weighted by Gasteiger charge is -2.17. The molecule has 0 aromatic heterocycles. The van der Waals surface area contributed by atoms with Crippen LogP contribution in [0.2, 0.25) is 0 Å². The van der Waals surface area contributed by atoms with Gasteiger partial charge in [0.05, 0.1) is 15.5 Å². The van der Waals surface area contributed by atoms with Gasteiger partial charge in [-0.05, 0) is 49.4 Å². The van der Waals surface area contributed by atoms with Crippen molar-refractivity contribution in [3.63, 3.8) is 0 Å². The Bertz CT molecular complexity index is 1290. The maximum Gasteiger partial charge on any atom is 0.282 e. The molecule has 1 aliphatic carbocycles. The summed E-state index contributed by atoms with van der Waals surface area (Å²) in [7, 11) is -3.94. The summed E-state index contributed by atoms with van der Waals surface area (Å²) in [5, 5.41) is 0. The van der Waals surface area contributed by atoms with Gasteiger partial charge in [-0.3, -0.25) is 4.79 Å². The Labute approximate surface area is 187 Å². The first-order chi connectivity index (χ1) is 14.3. The molecular weight excluding hydrogens is 482 g/mol. The van der Waals surface area contributed by atoms with Crippen molar-refractivity contribution < 1.29 is 13.2 Å². The van der Waals surface area contributed by atoms with Crippen molar-refractivity contribution in [1.82, 2.24) is 0 Å². The van der Waals surface area contributed by atoms with E-state index < -0.39 is 10.0 Å². The second-order valence-corrected chi connectivity index (χ2v) is 10.3. The zero-order chi connectivity index (χ0) is 21.3. The number of aryl methyl sites for hydroxylation is 1. The summed E-state index contributed by atoms with van der Waals surface area (Å²) in [5.74, 6) is -0.142. The highest BCUT2D eigenvalue weighted by Gasteiger charge is 2.26. The summed E-state index contributed by atoms with van der Waals surface area (Å²) in [6.45, 7) is 1.99. The predicted octanol–water partition coefficient (Wildman–Crippen LogP) is 5.81.